The van der Waals surface area contributed by atoms with E-state index in [9.17, 15) is 4.79 Å². The van der Waals surface area contributed by atoms with Gasteiger partial charge in [-0.2, -0.15) is 0 Å². The van der Waals surface area contributed by atoms with Gasteiger partial charge in [-0.3, -0.25) is 4.79 Å². The highest BCUT2D eigenvalue weighted by atomic mass is 28.4. The first-order valence-corrected chi connectivity index (χ1v) is 14.5. The number of ketones is 1. The third kappa shape index (κ3) is 3.84. The van der Waals surface area contributed by atoms with E-state index in [1.54, 1.807) is 7.11 Å². The van der Waals surface area contributed by atoms with Crippen molar-refractivity contribution in [3.63, 3.8) is 0 Å². The summed E-state index contributed by atoms with van der Waals surface area (Å²) in [6, 6.07) is 0. The Labute approximate surface area is 173 Å². The van der Waals surface area contributed by atoms with Crippen LogP contribution in [0.5, 0.6) is 0 Å². The summed E-state index contributed by atoms with van der Waals surface area (Å²) in [5.74, 6) is 1.28. The molecule has 0 spiro atoms. The second kappa shape index (κ2) is 7.52. The van der Waals surface area contributed by atoms with Crippen molar-refractivity contribution in [1.82, 2.24) is 0 Å². The average Bonchev–Trinajstić information content (AvgIpc) is 3.04. The van der Waals surface area contributed by atoms with E-state index in [-0.39, 0.29) is 16.9 Å². The minimum absolute atomic E-state index is 0.0187. The largest absolute Gasteiger partial charge is 0.406 e. The predicted molar refractivity (Wildman–Crippen MR) is 118 cm³/mol. The Morgan fingerprint density at radius 2 is 1.93 bits per heavy atom. The van der Waals surface area contributed by atoms with Crippen LogP contribution < -0.4 is 0 Å². The predicted octanol–water partition coefficient (Wildman–Crippen LogP) is 5.92. The molecule has 28 heavy (non-hydrogen) atoms. The van der Waals surface area contributed by atoms with Gasteiger partial charge in [0.05, 0.1) is 6.61 Å². The summed E-state index contributed by atoms with van der Waals surface area (Å²) >= 11 is 0. The minimum atomic E-state index is -1.78. The zero-order valence-corrected chi connectivity index (χ0v) is 20.3. The van der Waals surface area contributed by atoms with Crippen molar-refractivity contribution in [2.75, 3.05) is 13.7 Å². The van der Waals surface area contributed by atoms with E-state index >= 15 is 0 Å². The zero-order valence-electron chi connectivity index (χ0n) is 19.3. The lowest BCUT2D eigenvalue weighted by molar-refractivity contribution is -0.123. The third-order valence-corrected chi connectivity index (χ3v) is 8.29. The number of rotatable bonds is 5. The number of ether oxygens (including phenoxy) is 1. The quantitative estimate of drug-likeness (QED) is 0.421. The van der Waals surface area contributed by atoms with Gasteiger partial charge in [-0.25, -0.2) is 0 Å². The molecule has 3 rings (SSSR count). The van der Waals surface area contributed by atoms with Crippen LogP contribution in [0.2, 0.25) is 19.6 Å². The Morgan fingerprint density at radius 1 is 1.25 bits per heavy atom. The molecule has 0 unspecified atom stereocenters. The van der Waals surface area contributed by atoms with Crippen molar-refractivity contribution in [1.29, 1.82) is 0 Å². The van der Waals surface area contributed by atoms with Crippen LogP contribution in [0.15, 0.2) is 22.8 Å². The topological polar surface area (TPSA) is 35.5 Å². The molecular formula is C24H40O3Si. The van der Waals surface area contributed by atoms with Crippen LogP contribution in [-0.4, -0.2) is 33.4 Å². The van der Waals surface area contributed by atoms with Crippen LogP contribution in [0.1, 0.15) is 59.8 Å². The van der Waals surface area contributed by atoms with Crippen LogP contribution >= 0.6 is 0 Å². The maximum atomic E-state index is 13.3. The summed E-state index contributed by atoms with van der Waals surface area (Å²) in [5, 5.41) is 0. The highest BCUT2D eigenvalue weighted by molar-refractivity contribution is 6.69. The number of methoxy groups -OCH3 is 1. The first kappa shape index (κ1) is 22.0. The van der Waals surface area contributed by atoms with Crippen molar-refractivity contribution in [2.24, 2.45) is 23.2 Å². The van der Waals surface area contributed by atoms with Gasteiger partial charge in [0.2, 0.25) is 0 Å². The fourth-order valence-electron chi connectivity index (χ4n) is 5.98. The van der Waals surface area contributed by atoms with Gasteiger partial charge in [0.1, 0.15) is 11.4 Å². The Balaban J connectivity index is 2.17. The summed E-state index contributed by atoms with van der Waals surface area (Å²) in [6.45, 7) is 16.4. The zero-order chi connectivity index (χ0) is 20.9. The molecule has 0 aromatic rings. The van der Waals surface area contributed by atoms with E-state index in [2.05, 4.69) is 53.4 Å². The lowest BCUT2D eigenvalue weighted by Crippen LogP contribution is -2.47. The summed E-state index contributed by atoms with van der Waals surface area (Å²) in [7, 11) is -0.00529. The summed E-state index contributed by atoms with van der Waals surface area (Å²) < 4.78 is 12.6. The van der Waals surface area contributed by atoms with Gasteiger partial charge in [-0.05, 0) is 62.7 Å². The van der Waals surface area contributed by atoms with E-state index in [0.717, 1.165) is 25.7 Å². The van der Waals surface area contributed by atoms with Crippen LogP contribution in [0, 0.1) is 23.2 Å². The highest BCUT2D eigenvalue weighted by Gasteiger charge is 2.52. The molecule has 0 radical (unpaired) electrons. The van der Waals surface area contributed by atoms with Crippen LogP contribution in [-0.2, 0) is 14.0 Å². The van der Waals surface area contributed by atoms with Crippen LogP contribution in [0.3, 0.4) is 0 Å². The number of allylic oxidation sites excluding steroid dienone is 3. The van der Waals surface area contributed by atoms with E-state index in [4.69, 9.17) is 9.16 Å². The highest BCUT2D eigenvalue weighted by Crippen LogP contribution is 2.56. The Morgan fingerprint density at radius 3 is 2.50 bits per heavy atom. The number of fused-ring (bicyclic) bond motifs is 2. The van der Waals surface area contributed by atoms with Crippen molar-refractivity contribution < 1.29 is 14.0 Å². The number of Topliss-reactive ketones (excluding diaryl/α,β-unsaturated/α-hetero) is 1. The van der Waals surface area contributed by atoms with Crippen molar-refractivity contribution in [2.45, 2.75) is 85.0 Å². The van der Waals surface area contributed by atoms with E-state index in [1.165, 1.54) is 16.7 Å². The number of carbonyl (C=O) groups is 1. The molecule has 0 bridgehead atoms. The molecule has 0 N–H and O–H groups in total. The van der Waals surface area contributed by atoms with Gasteiger partial charge in [0.25, 0.3) is 0 Å². The molecule has 4 atom stereocenters. The van der Waals surface area contributed by atoms with Gasteiger partial charge in [-0.1, -0.05) is 44.9 Å². The molecule has 4 heteroatoms. The van der Waals surface area contributed by atoms with Crippen molar-refractivity contribution in [3.05, 3.63) is 22.8 Å². The normalized spacial score (nSPS) is 36.3. The first-order valence-electron chi connectivity index (χ1n) is 11.1. The molecule has 0 aromatic heterocycles. The molecule has 0 heterocycles. The summed E-state index contributed by atoms with van der Waals surface area (Å²) in [6.07, 6.45) is 7.40. The van der Waals surface area contributed by atoms with E-state index < -0.39 is 8.32 Å². The van der Waals surface area contributed by atoms with Crippen LogP contribution in [0.25, 0.3) is 0 Å². The molecule has 0 aliphatic heterocycles. The van der Waals surface area contributed by atoms with Gasteiger partial charge >= 0.3 is 0 Å². The third-order valence-electron chi connectivity index (χ3n) is 7.29. The average molecular weight is 405 g/mol. The van der Waals surface area contributed by atoms with Gasteiger partial charge in [0, 0.05) is 24.9 Å². The van der Waals surface area contributed by atoms with Gasteiger partial charge in [0.15, 0.2) is 8.32 Å². The monoisotopic (exact) mass is 404 g/mol. The maximum absolute atomic E-state index is 13.3. The molecule has 3 aliphatic rings. The van der Waals surface area contributed by atoms with Gasteiger partial charge in [-0.15, -0.1) is 0 Å². The number of hydrogen-bond acceptors (Lipinski definition) is 3. The molecule has 0 saturated heterocycles. The van der Waals surface area contributed by atoms with Crippen molar-refractivity contribution in [3.8, 4) is 0 Å². The fraction of sp³-hybridized carbons (Fsp3) is 0.792. The summed E-state index contributed by atoms with van der Waals surface area (Å²) in [5.41, 5.74) is 3.90. The molecule has 0 aromatic carbocycles. The van der Waals surface area contributed by atoms with Crippen molar-refractivity contribution >= 4 is 14.1 Å². The second-order valence-corrected chi connectivity index (χ2v) is 15.3. The molecular weight excluding hydrogens is 364 g/mol. The second-order valence-electron chi connectivity index (χ2n) is 10.9. The first-order chi connectivity index (χ1) is 12.9. The minimum Gasteiger partial charge on any atom is -0.406 e. The fourth-order valence-corrected chi connectivity index (χ4v) is 7.43. The molecule has 3 aliphatic carbocycles. The van der Waals surface area contributed by atoms with E-state index in [1.807, 2.05) is 0 Å². The number of hydrogen-bond donors (Lipinski definition) is 0. The SMILES string of the molecule is COC[C@@]1(O[Si](C)(C)C)CC[C@@H]2C1=C[C@@]1(C)CCC(C(C)C)=C1CC(=O)[C@@H]2C. The maximum Gasteiger partial charge on any atom is 0.185 e. The molecule has 1 saturated carbocycles. The molecule has 1 fully saturated rings. The molecule has 158 valence electrons. The molecule has 0 amide bonds. The summed E-state index contributed by atoms with van der Waals surface area (Å²) in [4.78, 5) is 13.3. The van der Waals surface area contributed by atoms with E-state index in [0.29, 0.717) is 30.6 Å². The smallest absolute Gasteiger partial charge is 0.185 e. The Kier molecular flexibility index (Phi) is 5.90. The lowest BCUT2D eigenvalue weighted by atomic mass is 9.70. The number of carbonyl (C=O) groups excluding carboxylic acids is 1. The Hall–Kier alpha value is -0.713. The standard InChI is InChI=1S/C24H40O3Si/c1-16(2)18-9-11-23(4)14-21-19(17(3)22(25)13-20(18)23)10-12-24(21,15-26-5)27-28(6,7)8/h14,16-17,19H,9-13,15H2,1-8H3/t17-,19+,23-,24+/m1/s1. The van der Waals surface area contributed by atoms with Crippen LogP contribution in [0.4, 0.5) is 0 Å². The Bertz CT molecular complexity index is 699. The lowest BCUT2D eigenvalue weighted by Gasteiger charge is -2.41. The molecule has 3 nitrogen and oxygen atoms in total. The van der Waals surface area contributed by atoms with Gasteiger partial charge < -0.3 is 9.16 Å².